The minimum atomic E-state index is -0.503. The molecule has 0 heterocycles. The van der Waals surface area contributed by atoms with Gasteiger partial charge in [0.2, 0.25) is 0 Å². The molecule has 1 N–H and O–H groups in total. The highest BCUT2D eigenvalue weighted by Crippen LogP contribution is 2.15. The lowest BCUT2D eigenvalue weighted by Crippen LogP contribution is -2.33. The quantitative estimate of drug-likeness (QED) is 0.785. The molecule has 1 aromatic carbocycles. The van der Waals surface area contributed by atoms with Crippen molar-refractivity contribution in [2.75, 3.05) is 13.2 Å². The first-order valence-electron chi connectivity index (χ1n) is 7.80. The van der Waals surface area contributed by atoms with E-state index < -0.39 is 11.7 Å². The van der Waals surface area contributed by atoms with Crippen LogP contribution in [0, 0.1) is 0 Å². The van der Waals surface area contributed by atoms with Gasteiger partial charge < -0.3 is 14.8 Å². The van der Waals surface area contributed by atoms with Crippen molar-refractivity contribution in [3.8, 4) is 5.75 Å². The van der Waals surface area contributed by atoms with E-state index in [1.54, 1.807) is 0 Å². The highest BCUT2D eigenvalue weighted by Gasteiger charge is 2.15. The molecule has 0 aliphatic rings. The summed E-state index contributed by atoms with van der Waals surface area (Å²) in [5, 5.41) is 2.72. The number of ether oxygens (including phenoxy) is 2. The molecule has 0 aliphatic carbocycles. The third kappa shape index (κ3) is 8.50. The Bertz CT molecular complexity index is 518. The predicted octanol–water partition coefficient (Wildman–Crippen LogP) is 4.67. The van der Waals surface area contributed by atoms with Gasteiger partial charge in [0, 0.05) is 12.1 Å². The molecule has 0 unspecified atom stereocenters. The lowest BCUT2D eigenvalue weighted by atomic mass is 10.1. The van der Waals surface area contributed by atoms with Crippen LogP contribution in [0.4, 0.5) is 4.79 Å². The molecule has 0 atom stereocenters. The molecule has 0 radical (unpaired) electrons. The maximum Gasteiger partial charge on any atom is 0.407 e. The molecule has 0 spiro atoms. The van der Waals surface area contributed by atoms with Crippen LogP contribution in [0.5, 0.6) is 5.75 Å². The van der Waals surface area contributed by atoms with Gasteiger partial charge in [-0.3, -0.25) is 0 Å². The number of aryl methyl sites for hydroxylation is 1. The van der Waals surface area contributed by atoms with Gasteiger partial charge in [-0.05, 0) is 63.8 Å². The van der Waals surface area contributed by atoms with E-state index in [2.05, 4.69) is 5.32 Å². The van der Waals surface area contributed by atoms with Crippen molar-refractivity contribution in [3.05, 3.63) is 40.9 Å². The summed E-state index contributed by atoms with van der Waals surface area (Å²) in [5.74, 6) is 0.871. The smallest absolute Gasteiger partial charge is 0.407 e. The molecule has 0 saturated heterocycles. The summed E-state index contributed by atoms with van der Waals surface area (Å²) < 4.78 is 10.6. The largest absolute Gasteiger partial charge is 0.494 e. The number of amides is 1. The van der Waals surface area contributed by atoms with Crippen molar-refractivity contribution in [2.24, 2.45) is 0 Å². The van der Waals surface area contributed by atoms with Crippen LogP contribution < -0.4 is 10.1 Å². The number of hydrogen-bond acceptors (Lipinski definition) is 3. The van der Waals surface area contributed by atoms with Crippen LogP contribution in [0.2, 0.25) is 0 Å². The summed E-state index contributed by atoms with van der Waals surface area (Å²) in [4.78, 5) is 11.6. The zero-order valence-electron chi connectivity index (χ0n) is 14.3. The Morgan fingerprint density at radius 1 is 1.26 bits per heavy atom. The number of rotatable bonds is 7. The second kappa shape index (κ2) is 9.46. The molecule has 0 aromatic heterocycles. The minimum Gasteiger partial charge on any atom is -0.494 e. The number of halogens is 1. The van der Waals surface area contributed by atoms with Crippen molar-refractivity contribution < 1.29 is 14.3 Å². The number of carbonyl (C=O) groups is 1. The van der Waals surface area contributed by atoms with E-state index in [1.165, 1.54) is 11.1 Å². The maximum atomic E-state index is 11.6. The van der Waals surface area contributed by atoms with Gasteiger partial charge in [-0.15, -0.1) is 0 Å². The van der Waals surface area contributed by atoms with Gasteiger partial charge in [0.05, 0.1) is 6.61 Å². The molecule has 0 bridgehead atoms. The van der Waals surface area contributed by atoms with E-state index in [0.717, 1.165) is 24.2 Å². The summed E-state index contributed by atoms with van der Waals surface area (Å²) in [6.07, 6.45) is 1.18. The number of hydrogen-bond donors (Lipinski definition) is 1. The minimum absolute atomic E-state index is 0.384. The van der Waals surface area contributed by atoms with E-state index in [0.29, 0.717) is 13.2 Å². The molecule has 4 nitrogen and oxygen atoms in total. The van der Waals surface area contributed by atoms with E-state index in [-0.39, 0.29) is 0 Å². The second-order valence-electron chi connectivity index (χ2n) is 6.20. The lowest BCUT2D eigenvalue weighted by molar-refractivity contribution is 0.0532. The Balaban J connectivity index is 2.40. The Labute approximate surface area is 143 Å². The third-order valence-corrected chi connectivity index (χ3v) is 3.29. The van der Waals surface area contributed by atoms with E-state index in [4.69, 9.17) is 21.1 Å². The predicted molar refractivity (Wildman–Crippen MR) is 94.1 cm³/mol. The summed E-state index contributed by atoms with van der Waals surface area (Å²) in [7, 11) is 0. The van der Waals surface area contributed by atoms with Crippen LogP contribution in [0.1, 0.15) is 39.7 Å². The van der Waals surface area contributed by atoms with Gasteiger partial charge in [0.1, 0.15) is 11.4 Å². The van der Waals surface area contributed by atoms with E-state index in [1.807, 2.05) is 52.0 Å². The SMILES string of the molecule is CCOc1ccc(CCC(=CCl)CNC(=O)OC(C)(C)C)cc1. The standard InChI is InChI=1S/C18H26ClNO3/c1-5-22-16-10-8-14(9-11-16)6-7-15(12-19)13-20-17(21)23-18(2,3)4/h8-12H,5-7,13H2,1-4H3,(H,20,21). The van der Waals surface area contributed by atoms with Crippen LogP contribution in [-0.4, -0.2) is 24.8 Å². The van der Waals surface area contributed by atoms with Gasteiger partial charge >= 0.3 is 6.09 Å². The van der Waals surface area contributed by atoms with Crippen LogP contribution >= 0.6 is 11.6 Å². The summed E-state index contributed by atoms with van der Waals surface area (Å²) in [5.41, 5.74) is 3.16. The molecular weight excluding hydrogens is 314 g/mol. The summed E-state index contributed by atoms with van der Waals surface area (Å²) in [6.45, 7) is 8.50. The molecule has 1 aromatic rings. The fourth-order valence-electron chi connectivity index (χ4n) is 1.91. The Morgan fingerprint density at radius 3 is 2.43 bits per heavy atom. The number of alkyl carbamates (subject to hydrolysis) is 1. The number of nitrogens with one attached hydrogen (secondary N) is 1. The van der Waals surface area contributed by atoms with Crippen LogP contribution in [0.15, 0.2) is 35.4 Å². The van der Waals surface area contributed by atoms with Crippen LogP contribution in [0.3, 0.4) is 0 Å². The molecule has 1 rings (SSSR count). The van der Waals surface area contributed by atoms with E-state index >= 15 is 0 Å². The monoisotopic (exact) mass is 339 g/mol. The average Bonchev–Trinajstić information content (AvgIpc) is 2.47. The molecule has 1 amide bonds. The molecule has 128 valence electrons. The van der Waals surface area contributed by atoms with Gasteiger partial charge in [0.15, 0.2) is 0 Å². The molecule has 0 saturated carbocycles. The normalized spacial score (nSPS) is 12.0. The first-order valence-corrected chi connectivity index (χ1v) is 8.24. The Hall–Kier alpha value is -1.68. The topological polar surface area (TPSA) is 47.6 Å². The Kier molecular flexibility index (Phi) is 7.96. The zero-order chi connectivity index (χ0) is 17.3. The van der Waals surface area contributed by atoms with Gasteiger partial charge in [-0.2, -0.15) is 0 Å². The van der Waals surface area contributed by atoms with Crippen molar-refractivity contribution in [2.45, 2.75) is 46.1 Å². The molecule has 23 heavy (non-hydrogen) atoms. The molecule has 0 fully saturated rings. The zero-order valence-corrected chi connectivity index (χ0v) is 15.1. The van der Waals surface area contributed by atoms with Crippen molar-refractivity contribution >= 4 is 17.7 Å². The van der Waals surface area contributed by atoms with Crippen molar-refractivity contribution in [3.63, 3.8) is 0 Å². The lowest BCUT2D eigenvalue weighted by Gasteiger charge is -2.20. The fourth-order valence-corrected chi connectivity index (χ4v) is 2.09. The second-order valence-corrected chi connectivity index (χ2v) is 6.42. The van der Waals surface area contributed by atoms with Crippen LogP contribution in [-0.2, 0) is 11.2 Å². The van der Waals surface area contributed by atoms with Gasteiger partial charge in [0.25, 0.3) is 0 Å². The third-order valence-electron chi connectivity index (χ3n) is 2.98. The van der Waals surface area contributed by atoms with Crippen LogP contribution in [0.25, 0.3) is 0 Å². The summed E-state index contributed by atoms with van der Waals surface area (Å²) >= 11 is 5.84. The van der Waals surface area contributed by atoms with Gasteiger partial charge in [-0.25, -0.2) is 4.79 Å². The first-order chi connectivity index (χ1) is 10.8. The summed E-state index contributed by atoms with van der Waals surface area (Å²) in [6, 6.07) is 8.00. The maximum absolute atomic E-state index is 11.6. The Morgan fingerprint density at radius 2 is 1.91 bits per heavy atom. The number of carbonyl (C=O) groups excluding carboxylic acids is 1. The highest BCUT2D eigenvalue weighted by molar-refractivity contribution is 6.25. The molecular formula is C18H26ClNO3. The highest BCUT2D eigenvalue weighted by atomic mass is 35.5. The molecule has 5 heteroatoms. The first kappa shape index (κ1) is 19.4. The number of benzene rings is 1. The van der Waals surface area contributed by atoms with Crippen molar-refractivity contribution in [1.29, 1.82) is 0 Å². The van der Waals surface area contributed by atoms with E-state index in [9.17, 15) is 4.79 Å². The van der Waals surface area contributed by atoms with Crippen molar-refractivity contribution in [1.82, 2.24) is 5.32 Å². The van der Waals surface area contributed by atoms with Gasteiger partial charge in [-0.1, -0.05) is 23.7 Å². The average molecular weight is 340 g/mol. The fraction of sp³-hybridized carbons (Fsp3) is 0.500. The molecule has 0 aliphatic heterocycles.